The van der Waals surface area contributed by atoms with Gasteiger partial charge in [-0.3, -0.25) is 24.3 Å². The van der Waals surface area contributed by atoms with Crippen LogP contribution in [0.4, 0.5) is 5.69 Å². The first kappa shape index (κ1) is 14.1. The molecule has 0 spiro atoms. The topological polar surface area (TPSA) is 79.4 Å². The molecule has 3 aliphatic rings. The molecular weight excluding hydrogens is 294 g/mol. The number of pyridine rings is 1. The maximum absolute atomic E-state index is 12.5. The Morgan fingerprint density at radius 2 is 1.91 bits per heavy atom. The molecule has 6 nitrogen and oxygen atoms in total. The van der Waals surface area contributed by atoms with Gasteiger partial charge in [0, 0.05) is 19.2 Å². The van der Waals surface area contributed by atoms with E-state index in [1.165, 1.54) is 4.90 Å². The molecule has 4 atom stereocenters. The van der Waals surface area contributed by atoms with Gasteiger partial charge in [0.25, 0.3) is 0 Å². The molecule has 4 rings (SSSR count). The quantitative estimate of drug-likeness (QED) is 0.670. The Balaban J connectivity index is 1.38. The second kappa shape index (κ2) is 5.30. The van der Waals surface area contributed by atoms with Crippen molar-refractivity contribution in [1.29, 1.82) is 0 Å². The summed E-state index contributed by atoms with van der Waals surface area (Å²) in [6, 6.07) is 3.47. The molecule has 1 aromatic rings. The molecule has 1 saturated carbocycles. The average Bonchev–Trinajstić information content (AvgIpc) is 3.22. The van der Waals surface area contributed by atoms with Gasteiger partial charge in [-0.05, 0) is 30.4 Å². The van der Waals surface area contributed by atoms with E-state index in [1.807, 2.05) is 0 Å². The maximum atomic E-state index is 12.5. The number of anilines is 1. The zero-order valence-corrected chi connectivity index (χ0v) is 12.5. The summed E-state index contributed by atoms with van der Waals surface area (Å²) in [5, 5.41) is 2.71. The molecule has 1 aromatic heterocycles. The van der Waals surface area contributed by atoms with E-state index in [1.54, 1.807) is 24.5 Å². The second-order valence-corrected chi connectivity index (χ2v) is 6.37. The Bertz CT molecular complexity index is 670. The van der Waals surface area contributed by atoms with Crippen LogP contribution in [0, 0.1) is 23.7 Å². The summed E-state index contributed by atoms with van der Waals surface area (Å²) < 4.78 is 0. The molecule has 2 fully saturated rings. The lowest BCUT2D eigenvalue weighted by atomic mass is 9.85. The highest BCUT2D eigenvalue weighted by Gasteiger charge is 2.58. The molecule has 3 amide bonds. The first-order valence-corrected chi connectivity index (χ1v) is 7.88. The minimum atomic E-state index is -0.225. The Morgan fingerprint density at radius 1 is 1.22 bits per heavy atom. The standard InChI is InChI=1S/C17H17N3O3/c21-13(19-12-2-1-6-18-9-12)5-7-20-16(22)14-10-3-4-11(8-10)15(14)17(20)23/h1-4,6,9-11,14-15H,5,7-8H2,(H,19,21)/t10-,11-,14+,15+/m0/s1. The molecule has 1 N–H and O–H groups in total. The molecule has 0 aromatic carbocycles. The lowest BCUT2D eigenvalue weighted by Gasteiger charge is -2.16. The van der Waals surface area contributed by atoms with E-state index in [4.69, 9.17) is 0 Å². The van der Waals surface area contributed by atoms with Crippen LogP contribution >= 0.6 is 0 Å². The highest BCUT2D eigenvalue weighted by atomic mass is 16.2. The van der Waals surface area contributed by atoms with Crippen molar-refractivity contribution in [2.24, 2.45) is 23.7 Å². The molecule has 2 aliphatic carbocycles. The van der Waals surface area contributed by atoms with Gasteiger partial charge in [-0.25, -0.2) is 0 Å². The molecular formula is C17H17N3O3. The summed E-state index contributed by atoms with van der Waals surface area (Å²) in [4.78, 5) is 42.1. The van der Waals surface area contributed by atoms with Crippen LogP contribution in [0.25, 0.3) is 0 Å². The van der Waals surface area contributed by atoms with Crippen LogP contribution in [0.2, 0.25) is 0 Å². The van der Waals surface area contributed by atoms with E-state index in [-0.39, 0.29) is 54.4 Å². The van der Waals surface area contributed by atoms with Crippen molar-refractivity contribution in [3.63, 3.8) is 0 Å². The predicted octanol–water partition coefficient (Wildman–Crippen LogP) is 1.22. The third-order valence-corrected chi connectivity index (χ3v) is 5.07. The minimum Gasteiger partial charge on any atom is -0.325 e. The Kier molecular flexibility index (Phi) is 3.25. The van der Waals surface area contributed by atoms with Gasteiger partial charge in [0.05, 0.1) is 23.7 Å². The average molecular weight is 311 g/mol. The van der Waals surface area contributed by atoms with E-state index in [0.717, 1.165) is 6.42 Å². The molecule has 2 bridgehead atoms. The molecule has 118 valence electrons. The van der Waals surface area contributed by atoms with Crippen molar-refractivity contribution in [3.05, 3.63) is 36.7 Å². The number of nitrogens with one attached hydrogen (secondary N) is 1. The fourth-order valence-corrected chi connectivity index (χ4v) is 4.06. The Hall–Kier alpha value is -2.50. The summed E-state index contributed by atoms with van der Waals surface area (Å²) in [5.41, 5.74) is 0.607. The number of carbonyl (C=O) groups is 3. The monoisotopic (exact) mass is 311 g/mol. The van der Waals surface area contributed by atoms with Crippen molar-refractivity contribution in [2.75, 3.05) is 11.9 Å². The highest BCUT2D eigenvalue weighted by molar-refractivity contribution is 6.06. The van der Waals surface area contributed by atoms with Crippen molar-refractivity contribution in [3.8, 4) is 0 Å². The zero-order chi connectivity index (χ0) is 16.0. The summed E-state index contributed by atoms with van der Waals surface area (Å²) >= 11 is 0. The number of aromatic nitrogens is 1. The molecule has 1 saturated heterocycles. The smallest absolute Gasteiger partial charge is 0.233 e. The van der Waals surface area contributed by atoms with Gasteiger partial charge >= 0.3 is 0 Å². The van der Waals surface area contributed by atoms with Gasteiger partial charge in [0.15, 0.2) is 0 Å². The number of nitrogens with zero attached hydrogens (tertiary/aromatic N) is 2. The number of carbonyl (C=O) groups excluding carboxylic acids is 3. The van der Waals surface area contributed by atoms with Crippen LogP contribution in [-0.2, 0) is 14.4 Å². The summed E-state index contributed by atoms with van der Waals surface area (Å²) in [6.45, 7) is 0.149. The molecule has 0 unspecified atom stereocenters. The number of allylic oxidation sites excluding steroid dienone is 2. The minimum absolute atomic E-state index is 0.106. The number of likely N-dealkylation sites (tertiary alicyclic amines) is 1. The fourth-order valence-electron chi connectivity index (χ4n) is 4.06. The third-order valence-electron chi connectivity index (χ3n) is 5.07. The van der Waals surface area contributed by atoms with Gasteiger partial charge in [-0.2, -0.15) is 0 Å². The van der Waals surface area contributed by atoms with E-state index >= 15 is 0 Å². The lowest BCUT2D eigenvalue weighted by molar-refractivity contribution is -0.140. The van der Waals surface area contributed by atoms with Crippen LogP contribution in [0.15, 0.2) is 36.7 Å². The SMILES string of the molecule is O=C(CCN1C(=O)[C@H]2[C@H](C1=O)[C@H]1C=C[C@H]2C1)Nc1cccnc1. The third kappa shape index (κ3) is 2.25. The Labute approximate surface area is 133 Å². The van der Waals surface area contributed by atoms with Gasteiger partial charge in [0.2, 0.25) is 17.7 Å². The van der Waals surface area contributed by atoms with Crippen molar-refractivity contribution in [2.45, 2.75) is 12.8 Å². The summed E-state index contributed by atoms with van der Waals surface area (Å²) in [7, 11) is 0. The van der Waals surface area contributed by atoms with E-state index in [2.05, 4.69) is 22.5 Å². The molecule has 2 heterocycles. The van der Waals surface area contributed by atoms with Crippen molar-refractivity contribution >= 4 is 23.4 Å². The largest absolute Gasteiger partial charge is 0.325 e. The van der Waals surface area contributed by atoms with E-state index < -0.39 is 0 Å². The van der Waals surface area contributed by atoms with Crippen LogP contribution in [0.5, 0.6) is 0 Å². The normalized spacial score (nSPS) is 30.9. The molecule has 23 heavy (non-hydrogen) atoms. The predicted molar refractivity (Wildman–Crippen MR) is 81.9 cm³/mol. The number of amides is 3. The first-order valence-electron chi connectivity index (χ1n) is 7.88. The number of hydrogen-bond acceptors (Lipinski definition) is 4. The maximum Gasteiger partial charge on any atom is 0.233 e. The molecule has 1 aliphatic heterocycles. The summed E-state index contributed by atoms with van der Waals surface area (Å²) in [5.74, 6) is -0.419. The first-order chi connectivity index (χ1) is 11.1. The second-order valence-electron chi connectivity index (χ2n) is 6.37. The van der Waals surface area contributed by atoms with Gasteiger partial charge in [0.1, 0.15) is 0 Å². The Morgan fingerprint density at radius 3 is 2.52 bits per heavy atom. The van der Waals surface area contributed by atoms with Crippen LogP contribution < -0.4 is 5.32 Å². The summed E-state index contributed by atoms with van der Waals surface area (Å²) in [6.07, 6.45) is 8.33. The van der Waals surface area contributed by atoms with Crippen molar-refractivity contribution < 1.29 is 14.4 Å². The van der Waals surface area contributed by atoms with Gasteiger partial charge in [-0.15, -0.1) is 0 Å². The van der Waals surface area contributed by atoms with Gasteiger partial charge in [-0.1, -0.05) is 12.2 Å². The van der Waals surface area contributed by atoms with E-state index in [0.29, 0.717) is 5.69 Å². The number of rotatable bonds is 4. The highest BCUT2D eigenvalue weighted by Crippen LogP contribution is 2.52. The fraction of sp³-hybridized carbons (Fsp3) is 0.412. The lowest BCUT2D eigenvalue weighted by Crippen LogP contribution is -2.35. The number of hydrogen-bond donors (Lipinski definition) is 1. The van der Waals surface area contributed by atoms with Crippen LogP contribution in [0.1, 0.15) is 12.8 Å². The van der Waals surface area contributed by atoms with E-state index in [9.17, 15) is 14.4 Å². The van der Waals surface area contributed by atoms with Crippen molar-refractivity contribution in [1.82, 2.24) is 9.88 Å². The molecule has 6 heteroatoms. The van der Waals surface area contributed by atoms with Crippen LogP contribution in [0.3, 0.4) is 0 Å². The zero-order valence-electron chi connectivity index (χ0n) is 12.5. The number of fused-ring (bicyclic) bond motifs is 5. The number of imide groups is 1. The molecule has 0 radical (unpaired) electrons. The van der Waals surface area contributed by atoms with Gasteiger partial charge < -0.3 is 5.32 Å². The van der Waals surface area contributed by atoms with Crippen LogP contribution in [-0.4, -0.2) is 34.2 Å².